The van der Waals surface area contributed by atoms with E-state index in [0.29, 0.717) is 17.3 Å². The van der Waals surface area contributed by atoms with E-state index >= 15 is 0 Å². The van der Waals surface area contributed by atoms with Crippen LogP contribution in [0, 0.1) is 6.92 Å². The minimum atomic E-state index is 0.487. The van der Waals surface area contributed by atoms with Gasteiger partial charge in [0.2, 0.25) is 0 Å². The predicted octanol–water partition coefficient (Wildman–Crippen LogP) is 2.20. The number of rotatable bonds is 3. The summed E-state index contributed by atoms with van der Waals surface area (Å²) in [7, 11) is 1.81. The van der Waals surface area contributed by atoms with Crippen LogP contribution < -0.4 is 15.8 Å². The number of aryl methyl sites for hydroxylation is 1. The number of ether oxygens (including phenoxy) is 1. The fourth-order valence-corrected chi connectivity index (χ4v) is 1.41. The van der Waals surface area contributed by atoms with Crippen molar-refractivity contribution in [1.29, 1.82) is 0 Å². The van der Waals surface area contributed by atoms with Gasteiger partial charge in [0.05, 0.1) is 5.69 Å². The van der Waals surface area contributed by atoms with E-state index in [0.717, 1.165) is 11.5 Å². The van der Waals surface area contributed by atoms with Gasteiger partial charge in [-0.2, -0.15) is 0 Å². The molecule has 0 atom stereocenters. The molecule has 0 aliphatic rings. The second-order valence-electron chi connectivity index (χ2n) is 3.55. The second-order valence-corrected chi connectivity index (χ2v) is 3.55. The van der Waals surface area contributed by atoms with E-state index in [1.54, 1.807) is 24.4 Å². The molecular formula is C12H14N4O. The van der Waals surface area contributed by atoms with Gasteiger partial charge in [-0.05, 0) is 25.1 Å². The highest BCUT2D eigenvalue weighted by Crippen LogP contribution is 2.25. The third kappa shape index (κ3) is 2.63. The normalized spacial score (nSPS) is 10.0. The lowest BCUT2D eigenvalue weighted by molar-refractivity contribution is 0.475. The molecule has 0 saturated heterocycles. The maximum Gasteiger partial charge on any atom is 0.148 e. The number of pyridine rings is 2. The third-order valence-corrected chi connectivity index (χ3v) is 2.27. The average molecular weight is 230 g/mol. The van der Waals surface area contributed by atoms with E-state index in [4.69, 9.17) is 10.5 Å². The lowest BCUT2D eigenvalue weighted by atomic mass is 10.3. The maximum absolute atomic E-state index is 5.71. The first kappa shape index (κ1) is 11.2. The lowest BCUT2D eigenvalue weighted by Crippen LogP contribution is -1.96. The Labute approximate surface area is 99.7 Å². The van der Waals surface area contributed by atoms with Crippen LogP contribution in [0.3, 0.4) is 0 Å². The summed E-state index contributed by atoms with van der Waals surface area (Å²) in [6.45, 7) is 1.85. The number of nitrogen functional groups attached to an aromatic ring is 1. The molecule has 2 aromatic rings. The van der Waals surface area contributed by atoms with Crippen LogP contribution >= 0.6 is 0 Å². The van der Waals surface area contributed by atoms with Gasteiger partial charge in [0.15, 0.2) is 0 Å². The Hall–Kier alpha value is -2.30. The molecule has 2 heterocycles. The molecule has 0 radical (unpaired) electrons. The molecule has 0 aromatic carbocycles. The molecule has 17 heavy (non-hydrogen) atoms. The molecule has 5 nitrogen and oxygen atoms in total. The summed E-state index contributed by atoms with van der Waals surface area (Å²) in [5.74, 6) is 2.63. The van der Waals surface area contributed by atoms with E-state index in [9.17, 15) is 0 Å². The fraction of sp³-hybridized carbons (Fsp3) is 0.167. The van der Waals surface area contributed by atoms with E-state index < -0.39 is 0 Å². The van der Waals surface area contributed by atoms with Crippen molar-refractivity contribution in [3.05, 3.63) is 36.2 Å². The standard InChI is InChI=1S/C12H14N4O/c1-8-10(3-4-11(13)16-8)17-9-5-6-15-12(7-9)14-2/h3-7H,1-2H3,(H2,13,16)(H,14,15). The van der Waals surface area contributed by atoms with Gasteiger partial charge in [0, 0.05) is 19.3 Å². The van der Waals surface area contributed by atoms with E-state index in [1.165, 1.54) is 0 Å². The topological polar surface area (TPSA) is 73.1 Å². The molecule has 3 N–H and O–H groups in total. The van der Waals surface area contributed by atoms with Crippen LogP contribution in [0.1, 0.15) is 5.69 Å². The van der Waals surface area contributed by atoms with Crippen molar-refractivity contribution in [1.82, 2.24) is 9.97 Å². The first-order chi connectivity index (χ1) is 8.19. The Bertz CT molecular complexity index is 528. The number of hydrogen-bond acceptors (Lipinski definition) is 5. The fourth-order valence-electron chi connectivity index (χ4n) is 1.41. The number of hydrogen-bond donors (Lipinski definition) is 2. The Balaban J connectivity index is 2.25. The van der Waals surface area contributed by atoms with Crippen LogP contribution in [0.25, 0.3) is 0 Å². The minimum absolute atomic E-state index is 0.487. The van der Waals surface area contributed by atoms with E-state index in [2.05, 4.69) is 15.3 Å². The van der Waals surface area contributed by atoms with Gasteiger partial charge in [-0.1, -0.05) is 0 Å². The summed E-state index contributed by atoms with van der Waals surface area (Å²) in [5, 5.41) is 2.95. The zero-order valence-electron chi connectivity index (χ0n) is 9.77. The van der Waals surface area contributed by atoms with Gasteiger partial charge in [0.1, 0.15) is 23.1 Å². The quantitative estimate of drug-likeness (QED) is 0.845. The maximum atomic E-state index is 5.71. The molecule has 88 valence electrons. The summed E-state index contributed by atoms with van der Waals surface area (Å²) in [6, 6.07) is 7.12. The Morgan fingerprint density at radius 3 is 2.82 bits per heavy atom. The largest absolute Gasteiger partial charge is 0.455 e. The zero-order chi connectivity index (χ0) is 12.3. The Morgan fingerprint density at radius 2 is 2.12 bits per heavy atom. The van der Waals surface area contributed by atoms with Crippen molar-refractivity contribution in [2.75, 3.05) is 18.1 Å². The highest BCUT2D eigenvalue weighted by molar-refractivity contribution is 5.44. The van der Waals surface area contributed by atoms with Crippen molar-refractivity contribution in [2.24, 2.45) is 0 Å². The zero-order valence-corrected chi connectivity index (χ0v) is 9.77. The van der Waals surface area contributed by atoms with E-state index in [1.807, 2.05) is 20.0 Å². The van der Waals surface area contributed by atoms with Crippen molar-refractivity contribution in [3.8, 4) is 11.5 Å². The number of nitrogens with two attached hydrogens (primary N) is 1. The van der Waals surface area contributed by atoms with Gasteiger partial charge in [0.25, 0.3) is 0 Å². The highest BCUT2D eigenvalue weighted by Gasteiger charge is 2.03. The summed E-state index contributed by atoms with van der Waals surface area (Å²) in [5.41, 5.74) is 6.34. The highest BCUT2D eigenvalue weighted by atomic mass is 16.5. The van der Waals surface area contributed by atoms with Gasteiger partial charge in [-0.15, -0.1) is 0 Å². The van der Waals surface area contributed by atoms with Crippen LogP contribution in [0.5, 0.6) is 11.5 Å². The van der Waals surface area contributed by atoms with Gasteiger partial charge >= 0.3 is 0 Å². The van der Waals surface area contributed by atoms with Crippen molar-refractivity contribution in [3.63, 3.8) is 0 Å². The molecular weight excluding hydrogens is 216 g/mol. The monoisotopic (exact) mass is 230 g/mol. The van der Waals surface area contributed by atoms with Crippen LogP contribution in [0.2, 0.25) is 0 Å². The molecule has 0 spiro atoms. The second kappa shape index (κ2) is 4.69. The molecule has 5 heteroatoms. The van der Waals surface area contributed by atoms with Crippen LogP contribution in [-0.4, -0.2) is 17.0 Å². The van der Waals surface area contributed by atoms with Gasteiger partial charge in [-0.3, -0.25) is 0 Å². The number of anilines is 2. The predicted molar refractivity (Wildman–Crippen MR) is 67.2 cm³/mol. The summed E-state index contributed by atoms with van der Waals surface area (Å²) >= 11 is 0. The van der Waals surface area contributed by atoms with Crippen LogP contribution in [0.15, 0.2) is 30.5 Å². The SMILES string of the molecule is CNc1cc(Oc2ccc(N)nc2C)ccn1. The average Bonchev–Trinajstić information content (AvgIpc) is 2.33. The molecule has 0 amide bonds. The van der Waals surface area contributed by atoms with Gasteiger partial charge < -0.3 is 15.8 Å². The van der Waals surface area contributed by atoms with Crippen LogP contribution in [-0.2, 0) is 0 Å². The number of nitrogens with one attached hydrogen (secondary N) is 1. The number of aromatic nitrogens is 2. The van der Waals surface area contributed by atoms with Crippen molar-refractivity contribution < 1.29 is 4.74 Å². The molecule has 2 aromatic heterocycles. The number of nitrogens with zero attached hydrogens (tertiary/aromatic N) is 2. The Kier molecular flexibility index (Phi) is 3.09. The summed E-state index contributed by atoms with van der Waals surface area (Å²) in [4.78, 5) is 8.24. The molecule has 0 saturated carbocycles. The summed E-state index contributed by atoms with van der Waals surface area (Å²) in [6.07, 6.45) is 1.68. The molecule has 0 fully saturated rings. The minimum Gasteiger partial charge on any atom is -0.455 e. The third-order valence-electron chi connectivity index (χ3n) is 2.27. The lowest BCUT2D eigenvalue weighted by Gasteiger charge is -2.09. The molecule has 0 bridgehead atoms. The first-order valence-corrected chi connectivity index (χ1v) is 5.24. The van der Waals surface area contributed by atoms with Gasteiger partial charge in [-0.25, -0.2) is 9.97 Å². The van der Waals surface area contributed by atoms with Crippen molar-refractivity contribution >= 4 is 11.6 Å². The van der Waals surface area contributed by atoms with Crippen molar-refractivity contribution in [2.45, 2.75) is 6.92 Å². The molecule has 0 aliphatic carbocycles. The molecule has 0 aliphatic heterocycles. The first-order valence-electron chi connectivity index (χ1n) is 5.24. The summed E-state index contributed by atoms with van der Waals surface area (Å²) < 4.78 is 5.71. The van der Waals surface area contributed by atoms with E-state index in [-0.39, 0.29) is 0 Å². The Morgan fingerprint density at radius 1 is 1.29 bits per heavy atom. The molecule has 2 rings (SSSR count). The van der Waals surface area contributed by atoms with Crippen LogP contribution in [0.4, 0.5) is 11.6 Å². The smallest absolute Gasteiger partial charge is 0.148 e. The molecule has 0 unspecified atom stereocenters.